The highest BCUT2D eigenvalue weighted by atomic mass is 35.5. The van der Waals surface area contributed by atoms with Gasteiger partial charge in [-0.3, -0.25) is 4.72 Å². The lowest BCUT2D eigenvalue weighted by Crippen LogP contribution is -2.34. The van der Waals surface area contributed by atoms with E-state index in [1.807, 2.05) is 13.8 Å². The lowest BCUT2D eigenvalue weighted by Gasteiger charge is -2.12. The molecule has 9 heteroatoms. The van der Waals surface area contributed by atoms with Gasteiger partial charge in [0.2, 0.25) is 0 Å². The van der Waals surface area contributed by atoms with Crippen LogP contribution in [-0.2, 0) is 10.0 Å². The van der Waals surface area contributed by atoms with E-state index >= 15 is 0 Å². The first-order valence-corrected chi connectivity index (χ1v) is 9.19. The normalized spacial score (nSPS) is 11.2. The van der Waals surface area contributed by atoms with Crippen LogP contribution in [0.25, 0.3) is 0 Å². The molecule has 25 heavy (non-hydrogen) atoms. The number of rotatable bonds is 5. The zero-order chi connectivity index (χ0) is 18.6. The smallest absolute Gasteiger partial charge is 0.319 e. The summed E-state index contributed by atoms with van der Waals surface area (Å²) < 4.78 is 40.0. The molecule has 2 amide bonds. The molecule has 2 aromatic carbocycles. The molecule has 0 spiro atoms. The van der Waals surface area contributed by atoms with Crippen LogP contribution in [-0.4, -0.2) is 20.5 Å². The largest absolute Gasteiger partial charge is 0.336 e. The number of benzene rings is 2. The molecule has 6 nitrogen and oxygen atoms in total. The van der Waals surface area contributed by atoms with Crippen LogP contribution in [0.3, 0.4) is 0 Å². The first-order chi connectivity index (χ1) is 11.7. The lowest BCUT2D eigenvalue weighted by molar-refractivity contribution is 0.250. The Kier molecular flexibility index (Phi) is 5.86. The summed E-state index contributed by atoms with van der Waals surface area (Å²) in [5, 5.41) is 5.08. The van der Waals surface area contributed by atoms with Gasteiger partial charge in [-0.1, -0.05) is 11.6 Å². The standard InChI is InChI=1S/C16H17ClFN3O3S/c1-10(2)19-16(22)20-12-4-6-13(7-5-12)21-25(23,24)15-8-3-11(18)9-14(15)17/h3-10,21H,1-2H3,(H2,19,20,22). The molecule has 2 aromatic rings. The maximum Gasteiger partial charge on any atom is 0.319 e. The van der Waals surface area contributed by atoms with E-state index in [4.69, 9.17) is 11.6 Å². The molecular weight excluding hydrogens is 369 g/mol. The Bertz CT molecular complexity index is 871. The van der Waals surface area contributed by atoms with Gasteiger partial charge in [0.1, 0.15) is 10.7 Å². The summed E-state index contributed by atoms with van der Waals surface area (Å²) in [6.45, 7) is 3.66. The Morgan fingerprint density at radius 3 is 2.24 bits per heavy atom. The summed E-state index contributed by atoms with van der Waals surface area (Å²) >= 11 is 5.79. The minimum atomic E-state index is -3.96. The van der Waals surface area contributed by atoms with E-state index in [0.717, 1.165) is 18.2 Å². The van der Waals surface area contributed by atoms with Gasteiger partial charge in [-0.05, 0) is 56.3 Å². The molecule has 0 aromatic heterocycles. The van der Waals surface area contributed by atoms with Crippen molar-refractivity contribution in [2.45, 2.75) is 24.8 Å². The molecule has 0 radical (unpaired) electrons. The lowest BCUT2D eigenvalue weighted by atomic mass is 10.3. The molecule has 0 bridgehead atoms. The number of halogens is 2. The quantitative estimate of drug-likeness (QED) is 0.731. The highest BCUT2D eigenvalue weighted by Gasteiger charge is 2.18. The first-order valence-electron chi connectivity index (χ1n) is 7.33. The summed E-state index contributed by atoms with van der Waals surface area (Å²) in [6, 6.07) is 8.73. The van der Waals surface area contributed by atoms with Crippen molar-refractivity contribution in [1.82, 2.24) is 5.32 Å². The zero-order valence-corrected chi connectivity index (χ0v) is 15.1. The second-order valence-electron chi connectivity index (χ2n) is 5.51. The van der Waals surface area contributed by atoms with Crippen LogP contribution in [0.2, 0.25) is 5.02 Å². The molecule has 134 valence electrons. The van der Waals surface area contributed by atoms with Gasteiger partial charge < -0.3 is 10.6 Å². The Hall–Kier alpha value is -2.32. The average molecular weight is 386 g/mol. The molecule has 0 heterocycles. The van der Waals surface area contributed by atoms with Crippen molar-refractivity contribution in [2.75, 3.05) is 10.0 Å². The Morgan fingerprint density at radius 2 is 1.68 bits per heavy atom. The Balaban J connectivity index is 2.11. The number of carbonyl (C=O) groups excluding carboxylic acids is 1. The number of anilines is 2. The van der Waals surface area contributed by atoms with E-state index in [1.165, 1.54) is 12.1 Å². The van der Waals surface area contributed by atoms with Crippen LogP contribution in [0.4, 0.5) is 20.6 Å². The van der Waals surface area contributed by atoms with Gasteiger partial charge in [-0.2, -0.15) is 0 Å². The van der Waals surface area contributed by atoms with E-state index < -0.39 is 15.8 Å². The SMILES string of the molecule is CC(C)NC(=O)Nc1ccc(NS(=O)(=O)c2ccc(F)cc2Cl)cc1. The third-order valence-electron chi connectivity index (χ3n) is 3.00. The van der Waals surface area contributed by atoms with Gasteiger partial charge in [-0.15, -0.1) is 0 Å². The molecule has 0 atom stereocenters. The molecule has 3 N–H and O–H groups in total. The molecular formula is C16H17ClFN3O3S. The van der Waals surface area contributed by atoms with Gasteiger partial charge in [-0.25, -0.2) is 17.6 Å². The molecule has 0 saturated heterocycles. The topological polar surface area (TPSA) is 87.3 Å². The molecule has 2 rings (SSSR count). The third-order valence-corrected chi connectivity index (χ3v) is 4.86. The number of nitrogens with one attached hydrogen (secondary N) is 3. The van der Waals surface area contributed by atoms with E-state index in [2.05, 4.69) is 15.4 Å². The van der Waals surface area contributed by atoms with Crippen LogP contribution in [0.1, 0.15) is 13.8 Å². The molecule has 0 fully saturated rings. The fourth-order valence-electron chi connectivity index (χ4n) is 1.95. The van der Waals surface area contributed by atoms with Gasteiger partial charge in [0.15, 0.2) is 0 Å². The third kappa shape index (κ3) is 5.33. The summed E-state index contributed by atoms with van der Waals surface area (Å²) in [5.41, 5.74) is 0.774. The summed E-state index contributed by atoms with van der Waals surface area (Å²) in [5.74, 6) is -0.626. The molecule has 0 unspecified atom stereocenters. The summed E-state index contributed by atoms with van der Waals surface area (Å²) in [6.07, 6.45) is 0. The van der Waals surface area contributed by atoms with Gasteiger partial charge in [0, 0.05) is 17.4 Å². The Morgan fingerprint density at radius 1 is 1.08 bits per heavy atom. The second kappa shape index (κ2) is 7.71. The summed E-state index contributed by atoms with van der Waals surface area (Å²) in [7, 11) is -3.96. The number of hydrogen-bond donors (Lipinski definition) is 3. The van der Waals surface area contributed by atoms with Crippen molar-refractivity contribution < 1.29 is 17.6 Å². The van der Waals surface area contributed by atoms with Crippen molar-refractivity contribution >= 4 is 39.0 Å². The van der Waals surface area contributed by atoms with Gasteiger partial charge in [0.25, 0.3) is 10.0 Å². The molecule has 0 aliphatic carbocycles. The number of carbonyl (C=O) groups is 1. The Labute approximate surface area is 150 Å². The van der Waals surface area contributed by atoms with Crippen molar-refractivity contribution in [3.05, 3.63) is 53.3 Å². The first kappa shape index (κ1) is 19.0. The number of sulfonamides is 1. The van der Waals surface area contributed by atoms with Crippen molar-refractivity contribution in [3.63, 3.8) is 0 Å². The fraction of sp³-hybridized carbons (Fsp3) is 0.188. The van der Waals surface area contributed by atoms with Crippen LogP contribution in [0.15, 0.2) is 47.4 Å². The molecule has 0 aliphatic rings. The van der Waals surface area contributed by atoms with Gasteiger partial charge in [0.05, 0.1) is 5.02 Å². The summed E-state index contributed by atoms with van der Waals surface area (Å²) in [4.78, 5) is 11.4. The monoisotopic (exact) mass is 385 g/mol. The minimum absolute atomic E-state index is 0.00783. The maximum atomic E-state index is 13.1. The molecule has 0 aliphatic heterocycles. The van der Waals surface area contributed by atoms with E-state index in [0.29, 0.717) is 5.69 Å². The predicted octanol–water partition coefficient (Wildman–Crippen LogP) is 3.81. The van der Waals surface area contributed by atoms with Gasteiger partial charge >= 0.3 is 6.03 Å². The number of amides is 2. The molecule has 0 saturated carbocycles. The van der Waals surface area contributed by atoms with Crippen LogP contribution >= 0.6 is 11.6 Å². The van der Waals surface area contributed by atoms with Crippen LogP contribution in [0.5, 0.6) is 0 Å². The van der Waals surface area contributed by atoms with Crippen molar-refractivity contribution in [3.8, 4) is 0 Å². The number of urea groups is 1. The van der Waals surface area contributed by atoms with Crippen LogP contribution < -0.4 is 15.4 Å². The van der Waals surface area contributed by atoms with E-state index in [1.54, 1.807) is 12.1 Å². The minimum Gasteiger partial charge on any atom is -0.336 e. The zero-order valence-electron chi connectivity index (χ0n) is 13.5. The maximum absolute atomic E-state index is 13.1. The van der Waals surface area contributed by atoms with Crippen molar-refractivity contribution in [2.24, 2.45) is 0 Å². The van der Waals surface area contributed by atoms with Crippen LogP contribution in [0, 0.1) is 5.82 Å². The van der Waals surface area contributed by atoms with E-state index in [9.17, 15) is 17.6 Å². The average Bonchev–Trinajstić information content (AvgIpc) is 2.47. The highest BCUT2D eigenvalue weighted by molar-refractivity contribution is 7.92. The van der Waals surface area contributed by atoms with E-state index in [-0.39, 0.29) is 27.7 Å². The predicted molar refractivity (Wildman–Crippen MR) is 96.0 cm³/mol. The second-order valence-corrected chi connectivity index (χ2v) is 7.57. The fourth-order valence-corrected chi connectivity index (χ4v) is 3.55. The number of hydrogen-bond acceptors (Lipinski definition) is 3. The highest BCUT2D eigenvalue weighted by Crippen LogP contribution is 2.25. The van der Waals surface area contributed by atoms with Crippen molar-refractivity contribution in [1.29, 1.82) is 0 Å².